The lowest BCUT2D eigenvalue weighted by molar-refractivity contribution is 0.0592. The highest BCUT2D eigenvalue weighted by Gasteiger charge is 2.36. The molecule has 0 fully saturated rings. The highest BCUT2D eigenvalue weighted by atomic mass is 32.2. The van der Waals surface area contributed by atoms with E-state index in [1.165, 1.54) is 11.8 Å². The van der Waals surface area contributed by atoms with Crippen LogP contribution in [0.25, 0.3) is 17.1 Å². The van der Waals surface area contributed by atoms with Crippen molar-refractivity contribution in [1.29, 1.82) is 0 Å². The van der Waals surface area contributed by atoms with Gasteiger partial charge in [0.2, 0.25) is 0 Å². The first kappa shape index (κ1) is 15.5. The first-order valence-corrected chi connectivity index (χ1v) is 9.12. The van der Waals surface area contributed by atoms with Gasteiger partial charge >= 0.3 is 5.97 Å². The van der Waals surface area contributed by atoms with E-state index in [0.717, 1.165) is 0 Å². The van der Waals surface area contributed by atoms with E-state index < -0.39 is 15.8 Å². The summed E-state index contributed by atoms with van der Waals surface area (Å²) in [4.78, 5) is 16.6. The second-order valence-corrected chi connectivity index (χ2v) is 7.48. The fourth-order valence-corrected chi connectivity index (χ4v) is 4.57. The molecule has 7 nitrogen and oxygen atoms in total. The molecule has 3 aromatic rings. The highest BCUT2D eigenvalue weighted by Crippen LogP contribution is 2.40. The number of methoxy groups -OCH3 is 1. The van der Waals surface area contributed by atoms with Crippen LogP contribution in [-0.2, 0) is 20.3 Å². The van der Waals surface area contributed by atoms with Crippen LogP contribution < -0.4 is 0 Å². The Bertz CT molecular complexity index is 1090. The van der Waals surface area contributed by atoms with Crippen LogP contribution in [0.1, 0.15) is 16.1 Å². The van der Waals surface area contributed by atoms with E-state index in [1.807, 2.05) is 0 Å². The van der Waals surface area contributed by atoms with Gasteiger partial charge in [-0.3, -0.25) is 0 Å². The quantitative estimate of drug-likeness (QED) is 0.653. The molecular formula is C17H13N3O4S. The van der Waals surface area contributed by atoms with Gasteiger partial charge in [0, 0.05) is 17.3 Å². The Balaban J connectivity index is 2.10. The molecule has 0 atom stereocenters. The second-order valence-electron chi connectivity index (χ2n) is 5.52. The molecule has 0 bridgehead atoms. The molecule has 126 valence electrons. The van der Waals surface area contributed by atoms with Crippen molar-refractivity contribution in [2.24, 2.45) is 0 Å². The molecule has 1 aromatic carbocycles. The molecular weight excluding hydrogens is 342 g/mol. The molecule has 0 saturated heterocycles. The second kappa shape index (κ2) is 5.52. The minimum Gasteiger partial charge on any atom is -0.464 e. The van der Waals surface area contributed by atoms with Gasteiger partial charge in [0.25, 0.3) is 0 Å². The molecule has 8 heteroatoms. The first-order chi connectivity index (χ1) is 12.0. The Morgan fingerprint density at radius 1 is 1.16 bits per heavy atom. The largest absolute Gasteiger partial charge is 0.464 e. The third-order valence-corrected chi connectivity index (χ3v) is 5.73. The number of ether oxygens (including phenoxy) is 1. The number of pyridine rings is 1. The molecule has 25 heavy (non-hydrogen) atoms. The van der Waals surface area contributed by atoms with Crippen LogP contribution in [0.3, 0.4) is 0 Å². The standard InChI is InChI=1S/C17H13N3O4S/c1-24-17(21)15-12-10-25(22,23)13-7-3-2-6-11(13)16(12)20(19-15)14-8-4-5-9-18-14/h2-9H,10H2,1H3. The number of hydrogen-bond acceptors (Lipinski definition) is 6. The van der Waals surface area contributed by atoms with E-state index in [4.69, 9.17) is 4.74 Å². The Hall–Kier alpha value is -3.00. The average Bonchev–Trinajstić information content (AvgIpc) is 3.00. The number of hydrogen-bond donors (Lipinski definition) is 0. The summed E-state index contributed by atoms with van der Waals surface area (Å²) in [5, 5.41) is 4.31. The SMILES string of the molecule is COC(=O)c1nn(-c2ccccn2)c2c1CS(=O)(=O)c1ccccc1-2. The molecule has 0 amide bonds. The number of esters is 1. The first-order valence-electron chi connectivity index (χ1n) is 7.46. The fourth-order valence-electron chi connectivity index (χ4n) is 2.97. The number of benzene rings is 1. The monoisotopic (exact) mass is 355 g/mol. The third-order valence-electron chi connectivity index (χ3n) is 4.04. The summed E-state index contributed by atoms with van der Waals surface area (Å²) in [6.45, 7) is 0. The predicted octanol–water partition coefficient (Wildman–Crippen LogP) is 2.01. The van der Waals surface area contributed by atoms with Crippen molar-refractivity contribution in [2.45, 2.75) is 10.6 Å². The predicted molar refractivity (Wildman–Crippen MR) is 89.0 cm³/mol. The zero-order valence-corrected chi connectivity index (χ0v) is 14.0. The van der Waals surface area contributed by atoms with Crippen LogP contribution in [0.5, 0.6) is 0 Å². The number of nitrogens with zero attached hydrogens (tertiary/aromatic N) is 3. The van der Waals surface area contributed by atoms with Crippen molar-refractivity contribution in [3.8, 4) is 17.1 Å². The summed E-state index contributed by atoms with van der Waals surface area (Å²) in [6.07, 6.45) is 1.60. The topological polar surface area (TPSA) is 91.2 Å². The lowest BCUT2D eigenvalue weighted by Crippen LogP contribution is -2.15. The smallest absolute Gasteiger partial charge is 0.358 e. The van der Waals surface area contributed by atoms with Gasteiger partial charge in [-0.25, -0.2) is 22.9 Å². The molecule has 1 aliphatic heterocycles. The van der Waals surface area contributed by atoms with Crippen molar-refractivity contribution in [1.82, 2.24) is 14.8 Å². The van der Waals surface area contributed by atoms with Crippen LogP contribution in [0.15, 0.2) is 53.6 Å². The Kier molecular flexibility index (Phi) is 3.43. The van der Waals surface area contributed by atoms with Gasteiger partial charge in [-0.15, -0.1) is 0 Å². The number of carbonyl (C=O) groups is 1. The van der Waals surface area contributed by atoms with Gasteiger partial charge in [0.15, 0.2) is 21.3 Å². The summed E-state index contributed by atoms with van der Waals surface area (Å²) in [5.41, 5.74) is 1.36. The average molecular weight is 355 g/mol. The van der Waals surface area contributed by atoms with E-state index in [2.05, 4.69) is 10.1 Å². The molecule has 0 radical (unpaired) electrons. The van der Waals surface area contributed by atoms with Gasteiger partial charge < -0.3 is 4.74 Å². The summed E-state index contributed by atoms with van der Waals surface area (Å²) >= 11 is 0. The van der Waals surface area contributed by atoms with Gasteiger partial charge in [-0.1, -0.05) is 24.3 Å². The van der Waals surface area contributed by atoms with E-state index in [9.17, 15) is 13.2 Å². The van der Waals surface area contributed by atoms with Crippen LogP contribution in [-0.4, -0.2) is 36.3 Å². The molecule has 2 aromatic heterocycles. The van der Waals surface area contributed by atoms with Crippen molar-refractivity contribution >= 4 is 15.8 Å². The van der Waals surface area contributed by atoms with Crippen LogP contribution >= 0.6 is 0 Å². The van der Waals surface area contributed by atoms with Gasteiger partial charge in [-0.05, 0) is 18.2 Å². The maximum Gasteiger partial charge on any atom is 0.358 e. The number of fused-ring (bicyclic) bond motifs is 3. The molecule has 0 N–H and O–H groups in total. The maximum atomic E-state index is 12.6. The lowest BCUT2D eigenvalue weighted by Gasteiger charge is -2.18. The number of sulfone groups is 1. The van der Waals surface area contributed by atoms with E-state index in [1.54, 1.807) is 48.7 Å². The molecule has 0 spiro atoms. The Morgan fingerprint density at radius 3 is 2.64 bits per heavy atom. The number of carbonyl (C=O) groups excluding carboxylic acids is 1. The van der Waals surface area contributed by atoms with Crippen LogP contribution in [0, 0.1) is 0 Å². The van der Waals surface area contributed by atoms with Crippen molar-refractivity contribution in [2.75, 3.05) is 7.11 Å². The fraction of sp³-hybridized carbons (Fsp3) is 0.118. The van der Waals surface area contributed by atoms with Crippen molar-refractivity contribution in [3.63, 3.8) is 0 Å². The zero-order valence-electron chi connectivity index (χ0n) is 13.2. The number of aromatic nitrogens is 3. The van der Waals surface area contributed by atoms with E-state index in [-0.39, 0.29) is 16.3 Å². The van der Waals surface area contributed by atoms with Gasteiger partial charge in [0.05, 0.1) is 23.5 Å². The minimum absolute atomic E-state index is 0.0127. The summed E-state index contributed by atoms with van der Waals surface area (Å²) < 4.78 is 31.6. The molecule has 0 aliphatic carbocycles. The van der Waals surface area contributed by atoms with Crippen molar-refractivity contribution in [3.05, 3.63) is 59.9 Å². The molecule has 0 saturated carbocycles. The minimum atomic E-state index is -3.57. The summed E-state index contributed by atoms with van der Waals surface area (Å²) in [7, 11) is -2.33. The molecule has 1 aliphatic rings. The third kappa shape index (κ3) is 2.33. The molecule has 3 heterocycles. The lowest BCUT2D eigenvalue weighted by atomic mass is 10.1. The summed E-state index contributed by atoms with van der Waals surface area (Å²) in [5.74, 6) is -0.500. The molecule has 0 unspecified atom stereocenters. The number of rotatable bonds is 2. The normalized spacial score (nSPS) is 14.4. The van der Waals surface area contributed by atoms with E-state index >= 15 is 0 Å². The van der Waals surface area contributed by atoms with Crippen LogP contribution in [0.2, 0.25) is 0 Å². The van der Waals surface area contributed by atoms with Crippen LogP contribution in [0.4, 0.5) is 0 Å². The van der Waals surface area contributed by atoms with Gasteiger partial charge in [-0.2, -0.15) is 5.10 Å². The molecule has 4 rings (SSSR count). The van der Waals surface area contributed by atoms with Crippen molar-refractivity contribution < 1.29 is 17.9 Å². The maximum absolute atomic E-state index is 12.6. The zero-order chi connectivity index (χ0) is 17.6. The van der Waals surface area contributed by atoms with Gasteiger partial charge in [0.1, 0.15) is 0 Å². The van der Waals surface area contributed by atoms with E-state index in [0.29, 0.717) is 22.6 Å². The summed E-state index contributed by atoms with van der Waals surface area (Å²) in [6, 6.07) is 12.0. The Morgan fingerprint density at radius 2 is 1.92 bits per heavy atom. The highest BCUT2D eigenvalue weighted by molar-refractivity contribution is 7.90. The Labute approximate surface area is 143 Å².